The minimum absolute atomic E-state index is 0.0719. The van der Waals surface area contributed by atoms with Gasteiger partial charge in [0.05, 0.1) is 11.6 Å². The molecule has 2 nitrogen and oxygen atoms in total. The highest BCUT2D eigenvalue weighted by atomic mass is 79.9. The second kappa shape index (κ2) is 7.15. The van der Waals surface area contributed by atoms with Gasteiger partial charge in [0.25, 0.3) is 0 Å². The summed E-state index contributed by atoms with van der Waals surface area (Å²) in [6.07, 6.45) is 2.06. The van der Waals surface area contributed by atoms with E-state index in [9.17, 15) is 0 Å². The molecule has 4 heteroatoms. The highest BCUT2D eigenvalue weighted by Crippen LogP contribution is 2.38. The lowest BCUT2D eigenvalue weighted by atomic mass is 9.82. The quantitative estimate of drug-likeness (QED) is 0.742. The summed E-state index contributed by atoms with van der Waals surface area (Å²) in [6, 6.07) is 3.66. The summed E-state index contributed by atoms with van der Waals surface area (Å²) in [4.78, 5) is 0. The Balaban J connectivity index is 2.89. The van der Waals surface area contributed by atoms with E-state index >= 15 is 0 Å². The largest absolute Gasteiger partial charge is 0.495 e. The van der Waals surface area contributed by atoms with Gasteiger partial charge in [-0.05, 0) is 52.2 Å². The lowest BCUT2D eigenvalue weighted by Crippen LogP contribution is -2.18. The van der Waals surface area contributed by atoms with Crippen molar-refractivity contribution in [2.75, 3.05) is 7.11 Å². The lowest BCUT2D eigenvalue weighted by Gasteiger charge is -2.26. The monoisotopic (exact) mass is 361 g/mol. The van der Waals surface area contributed by atoms with Crippen LogP contribution in [0.15, 0.2) is 16.6 Å². The summed E-state index contributed by atoms with van der Waals surface area (Å²) in [7, 11) is 1.66. The zero-order valence-corrected chi connectivity index (χ0v) is 15.3. The minimum atomic E-state index is -0.0719. The highest BCUT2D eigenvalue weighted by molar-refractivity contribution is 9.10. The molecule has 2 N–H and O–H groups in total. The van der Waals surface area contributed by atoms with E-state index in [1.807, 2.05) is 12.1 Å². The molecule has 0 saturated heterocycles. The first-order valence-electron chi connectivity index (χ1n) is 6.92. The number of rotatable bonds is 5. The van der Waals surface area contributed by atoms with E-state index in [4.69, 9.17) is 22.1 Å². The van der Waals surface area contributed by atoms with E-state index in [1.165, 1.54) is 0 Å². The van der Waals surface area contributed by atoms with E-state index < -0.39 is 0 Å². The van der Waals surface area contributed by atoms with Gasteiger partial charge >= 0.3 is 0 Å². The first kappa shape index (κ1) is 17.8. The number of benzene rings is 1. The van der Waals surface area contributed by atoms with Crippen LogP contribution >= 0.6 is 27.5 Å². The molecule has 0 aromatic heterocycles. The molecule has 0 aliphatic rings. The SMILES string of the molecule is COc1c(Br)cc(Cl)cc1C(N)CC(C)CC(C)(C)C. The normalized spacial score (nSPS) is 15.0. The maximum absolute atomic E-state index is 6.37. The summed E-state index contributed by atoms with van der Waals surface area (Å²) < 4.78 is 6.30. The molecule has 0 spiro atoms. The van der Waals surface area contributed by atoms with Gasteiger partial charge in [0.1, 0.15) is 5.75 Å². The molecule has 1 aromatic carbocycles. The third-order valence-corrected chi connectivity index (χ3v) is 4.07. The van der Waals surface area contributed by atoms with Crippen molar-refractivity contribution in [2.45, 2.75) is 46.6 Å². The van der Waals surface area contributed by atoms with E-state index in [-0.39, 0.29) is 6.04 Å². The molecule has 114 valence electrons. The van der Waals surface area contributed by atoms with Gasteiger partial charge in [-0.2, -0.15) is 0 Å². The third-order valence-electron chi connectivity index (χ3n) is 3.26. The summed E-state index contributed by atoms with van der Waals surface area (Å²) in [5.41, 5.74) is 7.65. The second-order valence-electron chi connectivity index (χ2n) is 6.72. The molecule has 0 aliphatic heterocycles. The highest BCUT2D eigenvalue weighted by Gasteiger charge is 2.21. The van der Waals surface area contributed by atoms with Crippen LogP contribution in [0.25, 0.3) is 0 Å². The molecule has 0 fully saturated rings. The fourth-order valence-electron chi connectivity index (χ4n) is 2.76. The molecule has 0 amide bonds. The van der Waals surface area contributed by atoms with Crippen molar-refractivity contribution < 1.29 is 4.74 Å². The lowest BCUT2D eigenvalue weighted by molar-refractivity contribution is 0.285. The first-order valence-corrected chi connectivity index (χ1v) is 8.09. The Labute approximate surface area is 136 Å². The first-order chi connectivity index (χ1) is 9.14. The number of hydrogen-bond acceptors (Lipinski definition) is 2. The Morgan fingerprint density at radius 3 is 2.45 bits per heavy atom. The molecule has 2 atom stereocenters. The third kappa shape index (κ3) is 5.27. The molecular formula is C16H25BrClNO. The molecule has 0 saturated carbocycles. The van der Waals surface area contributed by atoms with Gasteiger partial charge in [0.2, 0.25) is 0 Å². The topological polar surface area (TPSA) is 35.2 Å². The summed E-state index contributed by atoms with van der Waals surface area (Å²) in [5, 5.41) is 0.673. The maximum atomic E-state index is 6.37. The van der Waals surface area contributed by atoms with Gasteiger partial charge < -0.3 is 10.5 Å². The molecule has 2 unspecified atom stereocenters. The van der Waals surface area contributed by atoms with E-state index in [0.717, 1.165) is 28.6 Å². The van der Waals surface area contributed by atoms with Gasteiger partial charge in [-0.1, -0.05) is 39.3 Å². The van der Waals surface area contributed by atoms with Gasteiger partial charge in [-0.15, -0.1) is 0 Å². The predicted molar refractivity (Wildman–Crippen MR) is 90.5 cm³/mol. The van der Waals surface area contributed by atoms with Crippen LogP contribution in [0.5, 0.6) is 5.75 Å². The van der Waals surface area contributed by atoms with Crippen molar-refractivity contribution in [3.8, 4) is 5.75 Å². The van der Waals surface area contributed by atoms with Crippen molar-refractivity contribution in [3.63, 3.8) is 0 Å². The van der Waals surface area contributed by atoms with E-state index in [1.54, 1.807) is 7.11 Å². The molecule has 0 radical (unpaired) electrons. The average Bonchev–Trinajstić information content (AvgIpc) is 2.24. The Bertz CT molecular complexity index is 457. The van der Waals surface area contributed by atoms with Crippen molar-refractivity contribution >= 4 is 27.5 Å². The Kier molecular flexibility index (Phi) is 6.36. The Morgan fingerprint density at radius 1 is 1.35 bits per heavy atom. The van der Waals surface area contributed by atoms with Crippen LogP contribution in [0.4, 0.5) is 0 Å². The fourth-order valence-corrected chi connectivity index (χ4v) is 3.76. The number of nitrogens with two attached hydrogens (primary N) is 1. The van der Waals surface area contributed by atoms with Crippen LogP contribution in [0.3, 0.4) is 0 Å². The molecular weight excluding hydrogens is 338 g/mol. The summed E-state index contributed by atoms with van der Waals surface area (Å²) in [5.74, 6) is 1.33. The number of halogens is 2. The predicted octanol–water partition coefficient (Wildman–Crippen LogP) is 5.57. The number of ether oxygens (including phenoxy) is 1. The fraction of sp³-hybridized carbons (Fsp3) is 0.625. The molecule has 0 heterocycles. The smallest absolute Gasteiger partial charge is 0.137 e. The second-order valence-corrected chi connectivity index (χ2v) is 8.01. The number of hydrogen-bond donors (Lipinski definition) is 1. The number of methoxy groups -OCH3 is 1. The van der Waals surface area contributed by atoms with E-state index in [2.05, 4.69) is 43.6 Å². The van der Waals surface area contributed by atoms with Crippen LogP contribution in [-0.2, 0) is 0 Å². The standard InChI is InChI=1S/C16H25BrClNO/c1-10(9-16(2,3)4)6-14(19)12-7-11(18)8-13(17)15(12)20-5/h7-8,10,14H,6,9,19H2,1-5H3. The van der Waals surface area contributed by atoms with Crippen LogP contribution < -0.4 is 10.5 Å². The average molecular weight is 363 g/mol. The van der Waals surface area contributed by atoms with Gasteiger partial charge in [-0.25, -0.2) is 0 Å². The van der Waals surface area contributed by atoms with Crippen molar-refractivity contribution in [1.82, 2.24) is 0 Å². The Morgan fingerprint density at radius 2 is 1.95 bits per heavy atom. The zero-order valence-electron chi connectivity index (χ0n) is 13.0. The van der Waals surface area contributed by atoms with Crippen LogP contribution in [0.2, 0.25) is 5.02 Å². The van der Waals surface area contributed by atoms with E-state index in [0.29, 0.717) is 16.4 Å². The maximum Gasteiger partial charge on any atom is 0.137 e. The van der Waals surface area contributed by atoms with Crippen molar-refractivity contribution in [3.05, 3.63) is 27.2 Å². The van der Waals surface area contributed by atoms with Crippen LogP contribution in [-0.4, -0.2) is 7.11 Å². The molecule has 0 aliphatic carbocycles. The van der Waals surface area contributed by atoms with Gasteiger partial charge in [-0.3, -0.25) is 0 Å². The molecule has 1 rings (SSSR count). The summed E-state index contributed by atoms with van der Waals surface area (Å²) in [6.45, 7) is 9.01. The minimum Gasteiger partial charge on any atom is -0.495 e. The summed E-state index contributed by atoms with van der Waals surface area (Å²) >= 11 is 9.60. The van der Waals surface area contributed by atoms with Crippen molar-refractivity contribution in [2.24, 2.45) is 17.1 Å². The Hall–Kier alpha value is -0.250. The van der Waals surface area contributed by atoms with Gasteiger partial charge in [0.15, 0.2) is 0 Å². The van der Waals surface area contributed by atoms with Crippen LogP contribution in [0, 0.1) is 11.3 Å². The molecule has 1 aromatic rings. The van der Waals surface area contributed by atoms with Crippen molar-refractivity contribution in [1.29, 1.82) is 0 Å². The molecule has 0 bridgehead atoms. The molecule has 20 heavy (non-hydrogen) atoms. The zero-order chi connectivity index (χ0) is 15.5. The van der Waals surface area contributed by atoms with Crippen LogP contribution in [0.1, 0.15) is 52.1 Å². The van der Waals surface area contributed by atoms with Gasteiger partial charge in [0, 0.05) is 16.6 Å².